The van der Waals surface area contributed by atoms with Gasteiger partial charge < -0.3 is 21.1 Å². The number of carboxylic acid groups (broad SMARTS) is 1. The van der Waals surface area contributed by atoms with Gasteiger partial charge in [-0.2, -0.15) is 0 Å². The minimum Gasteiger partial charge on any atom is -0.480 e. The van der Waals surface area contributed by atoms with E-state index in [0.29, 0.717) is 0 Å². The van der Waals surface area contributed by atoms with Crippen LogP contribution in [0.15, 0.2) is 42.7 Å². The highest BCUT2D eigenvalue weighted by molar-refractivity contribution is 6.39. The van der Waals surface area contributed by atoms with Crippen LogP contribution in [0, 0.1) is 0 Å². The van der Waals surface area contributed by atoms with Crippen molar-refractivity contribution in [2.24, 2.45) is 0 Å². The van der Waals surface area contributed by atoms with Crippen LogP contribution in [0.1, 0.15) is 15.9 Å². The van der Waals surface area contributed by atoms with Crippen molar-refractivity contribution < 1.29 is 19.5 Å². The molecule has 0 radical (unpaired) electrons. The Kier molecular flexibility index (Phi) is 7.39. The maximum Gasteiger partial charge on any atom is 0.328 e. The van der Waals surface area contributed by atoms with E-state index in [9.17, 15) is 19.5 Å². The van der Waals surface area contributed by atoms with Gasteiger partial charge in [-0.1, -0.05) is 29.3 Å². The number of hydrogen-bond acceptors (Lipinski definition) is 4. The lowest BCUT2D eigenvalue weighted by atomic mass is 10.2. The molecule has 27 heavy (non-hydrogen) atoms. The average Bonchev–Trinajstić information content (AvgIpc) is 2.63. The second-order valence-electron chi connectivity index (χ2n) is 5.38. The van der Waals surface area contributed by atoms with Gasteiger partial charge in [-0.15, -0.1) is 0 Å². The fourth-order valence-electron chi connectivity index (χ4n) is 2.09. The lowest BCUT2D eigenvalue weighted by Crippen LogP contribution is -2.50. The van der Waals surface area contributed by atoms with Crippen molar-refractivity contribution in [1.29, 1.82) is 0 Å². The maximum absolute atomic E-state index is 12.3. The van der Waals surface area contributed by atoms with Crippen molar-refractivity contribution in [2.45, 2.75) is 12.6 Å². The quantitative estimate of drug-likeness (QED) is 0.556. The molecule has 2 aromatic rings. The molecule has 1 atom stereocenters. The van der Waals surface area contributed by atoms with Gasteiger partial charge in [0, 0.05) is 18.9 Å². The number of aliphatic carboxylic acids is 1. The van der Waals surface area contributed by atoms with Gasteiger partial charge in [0.1, 0.15) is 6.04 Å². The molecule has 0 aliphatic rings. The number of hydrogen-bond donors (Lipinski definition) is 4. The summed E-state index contributed by atoms with van der Waals surface area (Å²) in [5, 5.41) is 16.7. The lowest BCUT2D eigenvalue weighted by Gasteiger charge is -2.16. The number of carboxylic acids is 1. The zero-order chi connectivity index (χ0) is 19.8. The van der Waals surface area contributed by atoms with Gasteiger partial charge in [0.05, 0.1) is 22.2 Å². The molecule has 0 aliphatic carbocycles. The van der Waals surface area contributed by atoms with Crippen molar-refractivity contribution in [2.75, 3.05) is 6.54 Å². The van der Waals surface area contributed by atoms with E-state index in [-0.39, 0.29) is 28.7 Å². The SMILES string of the molecule is O=C(NCc1ccncc1)NC[C@H](NC(=O)c1c(Cl)cccc1Cl)C(=O)O. The van der Waals surface area contributed by atoms with Crippen LogP contribution < -0.4 is 16.0 Å². The van der Waals surface area contributed by atoms with Crippen molar-refractivity contribution in [1.82, 2.24) is 20.9 Å². The summed E-state index contributed by atoms with van der Waals surface area (Å²) in [4.78, 5) is 39.3. The number of carbonyl (C=O) groups is 3. The second-order valence-corrected chi connectivity index (χ2v) is 6.19. The van der Waals surface area contributed by atoms with Crippen LogP contribution >= 0.6 is 23.2 Å². The molecular formula is C17H16Cl2N4O4. The van der Waals surface area contributed by atoms with Gasteiger partial charge in [0.15, 0.2) is 0 Å². The monoisotopic (exact) mass is 410 g/mol. The number of halogens is 2. The van der Waals surface area contributed by atoms with E-state index >= 15 is 0 Å². The third-order valence-electron chi connectivity index (χ3n) is 3.46. The van der Waals surface area contributed by atoms with Crippen LogP contribution in [0.4, 0.5) is 4.79 Å². The molecule has 0 spiro atoms. The second kappa shape index (κ2) is 9.75. The number of nitrogens with one attached hydrogen (secondary N) is 3. The zero-order valence-electron chi connectivity index (χ0n) is 13.9. The normalized spacial score (nSPS) is 11.3. The predicted molar refractivity (Wildman–Crippen MR) is 99.8 cm³/mol. The fourth-order valence-corrected chi connectivity index (χ4v) is 2.65. The molecule has 0 fully saturated rings. The summed E-state index contributed by atoms with van der Waals surface area (Å²) < 4.78 is 0. The first-order chi connectivity index (χ1) is 12.9. The average molecular weight is 411 g/mol. The minimum atomic E-state index is -1.36. The number of nitrogens with zero attached hydrogens (tertiary/aromatic N) is 1. The van der Waals surface area contributed by atoms with Crippen LogP contribution in [-0.2, 0) is 11.3 Å². The molecule has 10 heteroatoms. The van der Waals surface area contributed by atoms with Crippen molar-refractivity contribution >= 4 is 41.1 Å². The van der Waals surface area contributed by atoms with Crippen LogP contribution in [0.3, 0.4) is 0 Å². The summed E-state index contributed by atoms with van der Waals surface area (Å²) in [7, 11) is 0. The zero-order valence-corrected chi connectivity index (χ0v) is 15.4. The molecule has 8 nitrogen and oxygen atoms in total. The molecule has 2 rings (SSSR count). The summed E-state index contributed by atoms with van der Waals surface area (Å²) in [5.74, 6) is -2.07. The Bertz CT molecular complexity index is 813. The van der Waals surface area contributed by atoms with Crippen molar-refractivity contribution in [3.05, 3.63) is 63.9 Å². The topological polar surface area (TPSA) is 120 Å². The molecule has 0 bridgehead atoms. The van der Waals surface area contributed by atoms with Crippen LogP contribution in [0.25, 0.3) is 0 Å². The third-order valence-corrected chi connectivity index (χ3v) is 4.09. The van der Waals surface area contributed by atoms with Crippen molar-refractivity contribution in [3.8, 4) is 0 Å². The molecule has 0 saturated carbocycles. The Morgan fingerprint density at radius 1 is 1.04 bits per heavy atom. The Morgan fingerprint density at radius 2 is 1.67 bits per heavy atom. The van der Waals surface area contributed by atoms with Gasteiger partial charge in [-0.3, -0.25) is 9.78 Å². The number of pyridine rings is 1. The first-order valence-corrected chi connectivity index (χ1v) is 8.52. The van der Waals surface area contributed by atoms with E-state index in [1.165, 1.54) is 12.1 Å². The van der Waals surface area contributed by atoms with E-state index in [0.717, 1.165) is 5.56 Å². The van der Waals surface area contributed by atoms with Crippen LogP contribution in [-0.4, -0.2) is 40.6 Å². The molecule has 1 aromatic carbocycles. The van der Waals surface area contributed by atoms with E-state index in [1.807, 2.05) is 0 Å². The molecule has 0 saturated heterocycles. The maximum atomic E-state index is 12.3. The van der Waals surface area contributed by atoms with Gasteiger partial charge in [-0.25, -0.2) is 9.59 Å². The molecule has 0 unspecified atom stereocenters. The molecule has 4 N–H and O–H groups in total. The van der Waals surface area contributed by atoms with Crippen LogP contribution in [0.5, 0.6) is 0 Å². The largest absolute Gasteiger partial charge is 0.480 e. The Morgan fingerprint density at radius 3 is 2.26 bits per heavy atom. The molecule has 1 heterocycles. The summed E-state index contributed by atoms with van der Waals surface area (Å²) >= 11 is 11.9. The van der Waals surface area contributed by atoms with Gasteiger partial charge >= 0.3 is 12.0 Å². The lowest BCUT2D eigenvalue weighted by molar-refractivity contribution is -0.139. The number of urea groups is 1. The number of amides is 3. The summed E-state index contributed by atoms with van der Waals surface area (Å²) in [6, 6.07) is 6.00. The third kappa shape index (κ3) is 6.12. The van der Waals surface area contributed by atoms with E-state index in [4.69, 9.17) is 23.2 Å². The Hall–Kier alpha value is -2.84. The number of carbonyl (C=O) groups excluding carboxylic acids is 2. The molecule has 3 amide bonds. The highest BCUT2D eigenvalue weighted by Crippen LogP contribution is 2.24. The Balaban J connectivity index is 1.90. The molecule has 142 valence electrons. The number of rotatable bonds is 7. The van der Waals surface area contributed by atoms with Crippen LogP contribution in [0.2, 0.25) is 10.0 Å². The fraction of sp³-hybridized carbons (Fsp3) is 0.176. The van der Waals surface area contributed by atoms with Gasteiger partial charge in [0.2, 0.25) is 0 Å². The molecular weight excluding hydrogens is 395 g/mol. The first-order valence-electron chi connectivity index (χ1n) is 7.76. The van der Waals surface area contributed by atoms with E-state index in [1.54, 1.807) is 30.6 Å². The smallest absolute Gasteiger partial charge is 0.328 e. The number of aromatic nitrogens is 1. The standard InChI is InChI=1S/C17H16Cl2N4O4/c18-11-2-1-3-12(19)14(11)15(24)23-13(16(25)26)9-22-17(27)21-8-10-4-6-20-7-5-10/h1-7,13H,8-9H2,(H,23,24)(H,25,26)(H2,21,22,27)/t13-/m0/s1. The van der Waals surface area contributed by atoms with E-state index in [2.05, 4.69) is 20.9 Å². The first kappa shape index (κ1) is 20.5. The highest BCUT2D eigenvalue weighted by Gasteiger charge is 2.23. The molecule has 0 aliphatic heterocycles. The predicted octanol–water partition coefficient (Wildman–Crippen LogP) is 2.07. The van der Waals surface area contributed by atoms with E-state index < -0.39 is 23.9 Å². The van der Waals surface area contributed by atoms with Gasteiger partial charge in [0.25, 0.3) is 5.91 Å². The minimum absolute atomic E-state index is 0.0331. The summed E-state index contributed by atoms with van der Waals surface area (Å²) in [5.41, 5.74) is 0.797. The summed E-state index contributed by atoms with van der Waals surface area (Å²) in [6.07, 6.45) is 3.18. The summed E-state index contributed by atoms with van der Waals surface area (Å²) in [6.45, 7) is -0.0843. The highest BCUT2D eigenvalue weighted by atomic mass is 35.5. The Labute approximate surface area is 164 Å². The number of benzene rings is 1. The van der Waals surface area contributed by atoms with Crippen molar-refractivity contribution in [3.63, 3.8) is 0 Å². The van der Waals surface area contributed by atoms with Gasteiger partial charge in [-0.05, 0) is 29.8 Å². The molecule has 1 aromatic heterocycles.